The van der Waals surface area contributed by atoms with Gasteiger partial charge in [-0.05, 0) is 13.3 Å². The summed E-state index contributed by atoms with van der Waals surface area (Å²) in [5.41, 5.74) is 5.94. The molecule has 1 heterocycles. The molecule has 0 saturated heterocycles. The predicted octanol–water partition coefficient (Wildman–Crippen LogP) is 4.35. The van der Waals surface area contributed by atoms with Gasteiger partial charge in [0.1, 0.15) is 5.84 Å². The molecule has 0 radical (unpaired) electrons. The Morgan fingerprint density at radius 2 is 1.60 bits per heavy atom. The lowest BCUT2D eigenvalue weighted by molar-refractivity contribution is 0.358. The molecule has 0 spiro atoms. The summed E-state index contributed by atoms with van der Waals surface area (Å²) in [5, 5.41) is 0. The van der Waals surface area contributed by atoms with E-state index in [-0.39, 0.29) is 18.6 Å². The van der Waals surface area contributed by atoms with Crippen LogP contribution in [0.15, 0.2) is 4.99 Å². The van der Waals surface area contributed by atoms with Gasteiger partial charge in [-0.1, -0.05) is 58.3 Å². The lowest BCUT2D eigenvalue weighted by Gasteiger charge is -2.24. The predicted molar refractivity (Wildman–Crippen MR) is 91.7 cm³/mol. The molecule has 0 amide bonds. The lowest BCUT2D eigenvalue weighted by Crippen LogP contribution is -2.41. The first-order chi connectivity index (χ1) is 9.25. The molecule has 4 heteroatoms. The topological polar surface area (TPSA) is 41.6 Å². The molecule has 0 aromatic carbocycles. The highest BCUT2D eigenvalue weighted by atomic mass is 35.5. The maximum Gasteiger partial charge on any atom is 0.100 e. The molecule has 1 aliphatic heterocycles. The van der Waals surface area contributed by atoms with Gasteiger partial charge in [0.15, 0.2) is 0 Å². The van der Waals surface area contributed by atoms with E-state index in [9.17, 15) is 0 Å². The molecule has 0 saturated carbocycles. The van der Waals surface area contributed by atoms with Crippen molar-refractivity contribution in [3.05, 3.63) is 0 Å². The standard InChI is InChI=1S/C16H33N3.ClH/c1-3-4-5-6-7-8-9-10-11-12-16-18-13-14-19(16)15(2)17;/h15H,3-14,17H2,1-2H3;1H. The van der Waals surface area contributed by atoms with Gasteiger partial charge in [0, 0.05) is 13.0 Å². The maximum atomic E-state index is 5.94. The fourth-order valence-corrected chi connectivity index (χ4v) is 2.76. The van der Waals surface area contributed by atoms with E-state index in [0.717, 1.165) is 19.5 Å². The number of rotatable bonds is 11. The quantitative estimate of drug-likeness (QED) is 0.577. The number of nitrogens with zero attached hydrogens (tertiary/aromatic N) is 2. The monoisotopic (exact) mass is 303 g/mol. The van der Waals surface area contributed by atoms with E-state index in [1.165, 1.54) is 63.6 Å². The smallest absolute Gasteiger partial charge is 0.100 e. The van der Waals surface area contributed by atoms with E-state index in [1.54, 1.807) is 0 Å². The van der Waals surface area contributed by atoms with Crippen LogP contribution in [-0.4, -0.2) is 30.0 Å². The van der Waals surface area contributed by atoms with Crippen molar-refractivity contribution >= 4 is 18.2 Å². The molecule has 0 bridgehead atoms. The summed E-state index contributed by atoms with van der Waals surface area (Å²) in [5.74, 6) is 1.25. The number of nitrogens with two attached hydrogens (primary N) is 1. The molecule has 0 aromatic rings. The van der Waals surface area contributed by atoms with E-state index in [4.69, 9.17) is 5.73 Å². The third kappa shape index (κ3) is 8.11. The summed E-state index contributed by atoms with van der Waals surface area (Å²) >= 11 is 0. The van der Waals surface area contributed by atoms with Crippen molar-refractivity contribution in [3.63, 3.8) is 0 Å². The third-order valence-electron chi connectivity index (χ3n) is 3.96. The van der Waals surface area contributed by atoms with E-state index in [0.29, 0.717) is 0 Å². The van der Waals surface area contributed by atoms with Crippen LogP contribution in [0.25, 0.3) is 0 Å². The van der Waals surface area contributed by atoms with Gasteiger partial charge in [0.05, 0.1) is 12.7 Å². The first kappa shape index (κ1) is 19.7. The van der Waals surface area contributed by atoms with Crippen molar-refractivity contribution in [2.75, 3.05) is 13.1 Å². The highest BCUT2D eigenvalue weighted by Crippen LogP contribution is 2.14. The number of halogens is 1. The molecule has 120 valence electrons. The minimum Gasteiger partial charge on any atom is -0.343 e. The van der Waals surface area contributed by atoms with Crippen LogP contribution in [0.1, 0.15) is 78.1 Å². The van der Waals surface area contributed by atoms with Gasteiger partial charge in [-0.15, -0.1) is 12.4 Å². The summed E-state index contributed by atoms with van der Waals surface area (Å²) < 4.78 is 0. The SMILES string of the molecule is CCCCCCCCCCCC1=NCCN1C(C)N.Cl. The molecule has 3 nitrogen and oxygen atoms in total. The molecular weight excluding hydrogens is 270 g/mol. The van der Waals surface area contributed by atoms with Crippen molar-refractivity contribution in [2.24, 2.45) is 10.7 Å². The summed E-state index contributed by atoms with van der Waals surface area (Å²) in [4.78, 5) is 6.82. The molecule has 1 rings (SSSR count). The summed E-state index contributed by atoms with van der Waals surface area (Å²) in [6.45, 7) is 6.28. The van der Waals surface area contributed by atoms with Gasteiger partial charge >= 0.3 is 0 Å². The number of hydrogen-bond donors (Lipinski definition) is 1. The van der Waals surface area contributed by atoms with Gasteiger partial charge in [0.2, 0.25) is 0 Å². The average Bonchev–Trinajstić information content (AvgIpc) is 2.85. The molecule has 0 aliphatic carbocycles. The second kappa shape index (κ2) is 12.5. The van der Waals surface area contributed by atoms with Crippen molar-refractivity contribution in [1.29, 1.82) is 0 Å². The van der Waals surface area contributed by atoms with Crippen molar-refractivity contribution in [2.45, 2.75) is 84.2 Å². The average molecular weight is 304 g/mol. The molecule has 1 atom stereocenters. The lowest BCUT2D eigenvalue weighted by atomic mass is 10.1. The minimum atomic E-state index is 0. The molecule has 2 N–H and O–H groups in total. The fraction of sp³-hybridized carbons (Fsp3) is 0.938. The molecule has 1 unspecified atom stereocenters. The normalized spacial score (nSPS) is 15.9. The number of aliphatic imine (C=N–C) groups is 1. The summed E-state index contributed by atoms with van der Waals surface area (Å²) in [7, 11) is 0. The van der Waals surface area contributed by atoms with Crippen LogP contribution in [0.2, 0.25) is 0 Å². The maximum absolute atomic E-state index is 5.94. The highest BCUT2D eigenvalue weighted by Gasteiger charge is 2.18. The van der Waals surface area contributed by atoms with Crippen LogP contribution >= 0.6 is 12.4 Å². The Bertz CT molecular complexity index is 254. The van der Waals surface area contributed by atoms with E-state index in [2.05, 4.69) is 23.7 Å². The molecular formula is C16H34ClN3. The number of hydrogen-bond acceptors (Lipinski definition) is 3. The van der Waals surface area contributed by atoms with E-state index >= 15 is 0 Å². The Labute approximate surface area is 131 Å². The van der Waals surface area contributed by atoms with E-state index < -0.39 is 0 Å². The van der Waals surface area contributed by atoms with Gasteiger partial charge in [0.25, 0.3) is 0 Å². The van der Waals surface area contributed by atoms with Crippen LogP contribution in [0.4, 0.5) is 0 Å². The van der Waals surface area contributed by atoms with Crippen molar-refractivity contribution in [1.82, 2.24) is 4.90 Å². The van der Waals surface area contributed by atoms with Gasteiger partial charge in [-0.2, -0.15) is 0 Å². The summed E-state index contributed by atoms with van der Waals surface area (Å²) in [6, 6.07) is 0. The Morgan fingerprint density at radius 1 is 1.05 bits per heavy atom. The zero-order valence-electron chi connectivity index (χ0n) is 13.4. The number of amidine groups is 1. The van der Waals surface area contributed by atoms with Crippen LogP contribution in [0.3, 0.4) is 0 Å². The molecule has 1 aliphatic rings. The second-order valence-corrected chi connectivity index (χ2v) is 5.81. The zero-order chi connectivity index (χ0) is 13.9. The Kier molecular flexibility index (Phi) is 12.3. The first-order valence-electron chi connectivity index (χ1n) is 8.31. The Balaban J connectivity index is 0.00000361. The first-order valence-corrected chi connectivity index (χ1v) is 8.31. The largest absolute Gasteiger partial charge is 0.343 e. The highest BCUT2D eigenvalue weighted by molar-refractivity contribution is 5.85. The molecule has 0 aromatic heterocycles. The van der Waals surface area contributed by atoms with Crippen molar-refractivity contribution < 1.29 is 0 Å². The molecule has 0 fully saturated rings. The Hall–Kier alpha value is -0.280. The van der Waals surface area contributed by atoms with Crippen LogP contribution in [0.5, 0.6) is 0 Å². The second-order valence-electron chi connectivity index (χ2n) is 5.81. The van der Waals surface area contributed by atoms with Gasteiger partial charge < -0.3 is 10.6 Å². The zero-order valence-corrected chi connectivity index (χ0v) is 14.3. The van der Waals surface area contributed by atoms with Gasteiger partial charge in [-0.25, -0.2) is 0 Å². The summed E-state index contributed by atoms with van der Waals surface area (Å²) in [6.07, 6.45) is 13.7. The fourth-order valence-electron chi connectivity index (χ4n) is 2.76. The van der Waals surface area contributed by atoms with Gasteiger partial charge in [-0.3, -0.25) is 4.99 Å². The van der Waals surface area contributed by atoms with Crippen LogP contribution < -0.4 is 5.73 Å². The third-order valence-corrected chi connectivity index (χ3v) is 3.96. The minimum absolute atomic E-state index is 0. The van der Waals surface area contributed by atoms with Crippen molar-refractivity contribution in [3.8, 4) is 0 Å². The van der Waals surface area contributed by atoms with E-state index in [1.807, 2.05) is 0 Å². The molecule has 20 heavy (non-hydrogen) atoms. The van der Waals surface area contributed by atoms with Crippen LogP contribution in [-0.2, 0) is 0 Å². The number of unbranched alkanes of at least 4 members (excludes halogenated alkanes) is 8. The van der Waals surface area contributed by atoms with Crippen LogP contribution in [0, 0.1) is 0 Å². The Morgan fingerprint density at radius 3 is 2.15 bits per heavy atom.